The minimum Gasteiger partial charge on any atom is -0.469 e. The van der Waals surface area contributed by atoms with E-state index in [0.29, 0.717) is 30.8 Å². The first-order chi connectivity index (χ1) is 11.5. The Labute approximate surface area is 144 Å². The predicted octanol–water partition coefficient (Wildman–Crippen LogP) is 2.37. The van der Waals surface area contributed by atoms with E-state index in [2.05, 4.69) is 4.98 Å². The Bertz CT molecular complexity index is 797. The highest BCUT2D eigenvalue weighted by Crippen LogP contribution is 2.34. The van der Waals surface area contributed by atoms with Crippen LogP contribution in [-0.2, 0) is 11.3 Å². The van der Waals surface area contributed by atoms with Gasteiger partial charge in [0.05, 0.1) is 41.2 Å². The van der Waals surface area contributed by atoms with Gasteiger partial charge in [-0.2, -0.15) is 0 Å². The summed E-state index contributed by atoms with van der Waals surface area (Å²) in [7, 11) is 0. The molecule has 0 bridgehead atoms. The number of furan rings is 1. The first-order valence-corrected chi connectivity index (χ1v) is 8.98. The molecule has 24 heavy (non-hydrogen) atoms. The zero-order valence-electron chi connectivity index (χ0n) is 13.7. The molecule has 6 nitrogen and oxygen atoms in total. The van der Waals surface area contributed by atoms with Gasteiger partial charge in [0.25, 0.3) is 5.91 Å². The van der Waals surface area contributed by atoms with Crippen molar-refractivity contribution in [2.45, 2.75) is 45.3 Å². The van der Waals surface area contributed by atoms with Gasteiger partial charge in [0.15, 0.2) is 0 Å². The molecular formula is C17H19N3O3S. The standard InChI is InChI=1S/C17H19N3O3S/c1-10-13(4-6-23-10)17(22)19-5-3-14-15(19)7-16(21)20(14)8-12-9-24-11(2)18-12/h4,6,9,14-15H,3,5,7-8H2,1-2H3/t14-,15+/m1/s1. The number of aromatic nitrogens is 1. The maximum atomic E-state index is 12.8. The van der Waals surface area contributed by atoms with Gasteiger partial charge in [-0.25, -0.2) is 4.98 Å². The number of hydrogen-bond acceptors (Lipinski definition) is 5. The third kappa shape index (κ3) is 2.43. The molecule has 2 aromatic heterocycles. The van der Waals surface area contributed by atoms with E-state index in [1.165, 1.54) is 6.26 Å². The van der Waals surface area contributed by atoms with Crippen molar-refractivity contribution >= 4 is 23.2 Å². The van der Waals surface area contributed by atoms with Crippen LogP contribution in [0, 0.1) is 13.8 Å². The van der Waals surface area contributed by atoms with Crippen LogP contribution in [0.15, 0.2) is 22.1 Å². The summed E-state index contributed by atoms with van der Waals surface area (Å²) in [5.41, 5.74) is 1.53. The molecule has 2 saturated heterocycles. The first-order valence-electron chi connectivity index (χ1n) is 8.10. The Balaban J connectivity index is 1.53. The van der Waals surface area contributed by atoms with Gasteiger partial charge in [0.1, 0.15) is 5.76 Å². The summed E-state index contributed by atoms with van der Waals surface area (Å²) in [4.78, 5) is 33.4. The number of carbonyl (C=O) groups excluding carboxylic acids is 2. The van der Waals surface area contributed by atoms with Crippen LogP contribution < -0.4 is 0 Å². The van der Waals surface area contributed by atoms with Crippen LogP contribution in [0.2, 0.25) is 0 Å². The molecule has 4 rings (SSSR count). The zero-order valence-corrected chi connectivity index (χ0v) is 14.5. The fourth-order valence-corrected chi connectivity index (χ4v) is 4.41. The van der Waals surface area contributed by atoms with Gasteiger partial charge < -0.3 is 14.2 Å². The number of fused-ring (bicyclic) bond motifs is 1. The van der Waals surface area contributed by atoms with Gasteiger partial charge in [-0.3, -0.25) is 9.59 Å². The number of thiazole rings is 1. The number of hydrogen-bond donors (Lipinski definition) is 0. The Hall–Kier alpha value is -2.15. The number of carbonyl (C=O) groups is 2. The lowest BCUT2D eigenvalue weighted by Gasteiger charge is -2.25. The molecule has 2 aliphatic rings. The third-order valence-corrected chi connectivity index (χ3v) is 5.79. The van der Waals surface area contributed by atoms with Gasteiger partial charge in [0, 0.05) is 18.3 Å². The van der Waals surface area contributed by atoms with Crippen molar-refractivity contribution in [1.29, 1.82) is 0 Å². The second-order valence-electron chi connectivity index (χ2n) is 6.40. The lowest BCUT2D eigenvalue weighted by molar-refractivity contribution is -0.129. The number of amides is 2. The van der Waals surface area contributed by atoms with Crippen molar-refractivity contribution in [2.75, 3.05) is 6.54 Å². The summed E-state index contributed by atoms with van der Waals surface area (Å²) in [6.07, 6.45) is 2.76. The summed E-state index contributed by atoms with van der Waals surface area (Å²) in [5.74, 6) is 0.701. The highest BCUT2D eigenvalue weighted by molar-refractivity contribution is 7.09. The second-order valence-corrected chi connectivity index (χ2v) is 7.46. The lowest BCUT2D eigenvalue weighted by Crippen LogP contribution is -2.39. The molecule has 126 valence electrons. The van der Waals surface area contributed by atoms with Gasteiger partial charge >= 0.3 is 0 Å². The summed E-state index contributed by atoms with van der Waals surface area (Å²) < 4.78 is 5.25. The molecule has 2 atom stereocenters. The van der Waals surface area contributed by atoms with Crippen molar-refractivity contribution < 1.29 is 14.0 Å². The minimum absolute atomic E-state index is 0.0343. The molecule has 7 heteroatoms. The van der Waals surface area contributed by atoms with Crippen molar-refractivity contribution in [2.24, 2.45) is 0 Å². The summed E-state index contributed by atoms with van der Waals surface area (Å²) in [6, 6.07) is 1.76. The van der Waals surface area contributed by atoms with Crippen LogP contribution in [0.4, 0.5) is 0 Å². The fraction of sp³-hybridized carbons (Fsp3) is 0.471. The Kier molecular flexibility index (Phi) is 3.68. The molecular weight excluding hydrogens is 326 g/mol. The highest BCUT2D eigenvalue weighted by Gasteiger charge is 2.48. The third-order valence-electron chi connectivity index (χ3n) is 4.96. The van der Waals surface area contributed by atoms with Crippen molar-refractivity contribution in [1.82, 2.24) is 14.8 Å². The molecule has 0 radical (unpaired) electrons. The normalized spacial score (nSPS) is 23.2. The van der Waals surface area contributed by atoms with E-state index in [-0.39, 0.29) is 23.9 Å². The Morgan fingerprint density at radius 2 is 2.25 bits per heavy atom. The van der Waals surface area contributed by atoms with Crippen LogP contribution in [0.1, 0.15) is 39.7 Å². The van der Waals surface area contributed by atoms with E-state index in [9.17, 15) is 9.59 Å². The zero-order chi connectivity index (χ0) is 16.8. The number of rotatable bonds is 3. The van der Waals surface area contributed by atoms with Crippen LogP contribution in [-0.4, -0.2) is 45.2 Å². The van der Waals surface area contributed by atoms with E-state index in [4.69, 9.17) is 4.42 Å². The first kappa shape index (κ1) is 15.4. The average Bonchev–Trinajstić information content (AvgIpc) is 3.28. The molecule has 0 saturated carbocycles. The second kappa shape index (κ2) is 5.73. The Morgan fingerprint density at radius 3 is 2.92 bits per heavy atom. The molecule has 0 N–H and O–H groups in total. The maximum absolute atomic E-state index is 12.8. The molecule has 0 unspecified atom stereocenters. The van der Waals surface area contributed by atoms with Crippen LogP contribution in [0.5, 0.6) is 0 Å². The monoisotopic (exact) mass is 345 g/mol. The van der Waals surface area contributed by atoms with Crippen molar-refractivity contribution in [3.63, 3.8) is 0 Å². The van der Waals surface area contributed by atoms with Gasteiger partial charge in [-0.05, 0) is 26.3 Å². The predicted molar refractivity (Wildman–Crippen MR) is 88.7 cm³/mol. The van der Waals surface area contributed by atoms with E-state index in [1.54, 1.807) is 24.3 Å². The smallest absolute Gasteiger partial charge is 0.257 e. The van der Waals surface area contributed by atoms with Gasteiger partial charge in [-0.1, -0.05) is 0 Å². The van der Waals surface area contributed by atoms with Crippen molar-refractivity contribution in [3.8, 4) is 0 Å². The molecule has 2 fully saturated rings. The fourth-order valence-electron chi connectivity index (χ4n) is 3.80. The molecule has 2 amide bonds. The number of aryl methyl sites for hydroxylation is 2. The summed E-state index contributed by atoms with van der Waals surface area (Å²) in [5, 5.41) is 3.01. The molecule has 4 heterocycles. The molecule has 0 spiro atoms. The summed E-state index contributed by atoms with van der Waals surface area (Å²) >= 11 is 1.60. The minimum atomic E-state index is -0.0426. The van der Waals surface area contributed by atoms with E-state index >= 15 is 0 Å². The molecule has 0 aliphatic carbocycles. The summed E-state index contributed by atoms with van der Waals surface area (Å²) in [6.45, 7) is 4.97. The number of nitrogens with zero attached hydrogens (tertiary/aromatic N) is 3. The van der Waals surface area contributed by atoms with Gasteiger partial charge in [-0.15, -0.1) is 11.3 Å². The van der Waals surface area contributed by atoms with E-state index in [1.807, 2.05) is 22.1 Å². The highest BCUT2D eigenvalue weighted by atomic mass is 32.1. The quantitative estimate of drug-likeness (QED) is 0.856. The topological polar surface area (TPSA) is 66.7 Å². The lowest BCUT2D eigenvalue weighted by atomic mass is 10.1. The van der Waals surface area contributed by atoms with E-state index in [0.717, 1.165) is 17.1 Å². The van der Waals surface area contributed by atoms with E-state index < -0.39 is 0 Å². The van der Waals surface area contributed by atoms with Crippen LogP contribution in [0.3, 0.4) is 0 Å². The van der Waals surface area contributed by atoms with Gasteiger partial charge in [0.2, 0.25) is 5.91 Å². The number of likely N-dealkylation sites (tertiary alicyclic amines) is 2. The van der Waals surface area contributed by atoms with Crippen LogP contribution in [0.25, 0.3) is 0 Å². The largest absolute Gasteiger partial charge is 0.469 e. The van der Waals surface area contributed by atoms with Crippen LogP contribution >= 0.6 is 11.3 Å². The van der Waals surface area contributed by atoms with Crippen molar-refractivity contribution in [3.05, 3.63) is 39.7 Å². The average molecular weight is 345 g/mol. The SMILES string of the molecule is Cc1nc(CN2C(=O)C[C@H]3[C@H]2CCN3C(=O)c2ccoc2C)cs1. The Morgan fingerprint density at radius 1 is 1.42 bits per heavy atom. The molecule has 2 aromatic rings. The maximum Gasteiger partial charge on any atom is 0.257 e. The molecule has 0 aromatic carbocycles. The molecule has 2 aliphatic heterocycles.